The number of esters is 2. The minimum Gasteiger partial charge on any atom is -0.462 e. The summed E-state index contributed by atoms with van der Waals surface area (Å²) in [7, 11) is 0. The predicted molar refractivity (Wildman–Crippen MR) is 242 cm³/mol. The maximum absolute atomic E-state index is 12.7. The molecule has 0 saturated carbocycles. The molecule has 0 rings (SSSR count). The van der Waals surface area contributed by atoms with E-state index in [0.29, 0.717) is 19.4 Å². The summed E-state index contributed by atoms with van der Waals surface area (Å²) in [6.45, 7) is 7.71. The van der Waals surface area contributed by atoms with Crippen molar-refractivity contribution in [2.75, 3.05) is 19.8 Å². The maximum atomic E-state index is 12.7. The molecule has 0 aliphatic rings. The van der Waals surface area contributed by atoms with Gasteiger partial charge in [0.15, 0.2) is 6.10 Å². The summed E-state index contributed by atoms with van der Waals surface area (Å²) in [5.41, 5.74) is 0. The van der Waals surface area contributed by atoms with E-state index in [4.69, 9.17) is 14.2 Å². The Balaban J connectivity index is 4.23. The van der Waals surface area contributed by atoms with Crippen molar-refractivity contribution in [1.29, 1.82) is 0 Å². The standard InChI is InChI=1S/C51H92O5/c1-4-7-10-13-16-19-22-23-24-25-26-27-28-31-34-37-40-43-46-54-47-49(56-51(53)45-42-39-36-33-30-21-18-15-12-9-6-3)48-55-50(52)44-41-38-35-32-29-20-17-14-11-8-5-2/h14-19,23-24,49H,4-13,20-22,25-48H2,1-3H3/b17-14-,18-15-,19-16-,24-23-. The van der Waals surface area contributed by atoms with Crippen LogP contribution in [0.5, 0.6) is 0 Å². The first kappa shape index (κ1) is 53.9. The highest BCUT2D eigenvalue weighted by molar-refractivity contribution is 5.70. The summed E-state index contributed by atoms with van der Waals surface area (Å²) in [4.78, 5) is 25.2. The van der Waals surface area contributed by atoms with Gasteiger partial charge in [-0.05, 0) is 89.9 Å². The van der Waals surface area contributed by atoms with Crippen molar-refractivity contribution in [3.63, 3.8) is 0 Å². The van der Waals surface area contributed by atoms with Gasteiger partial charge in [-0.1, -0.05) is 185 Å². The van der Waals surface area contributed by atoms with Crippen LogP contribution in [0.3, 0.4) is 0 Å². The molecule has 0 aromatic carbocycles. The highest BCUT2D eigenvalue weighted by atomic mass is 16.6. The molecule has 0 aromatic heterocycles. The summed E-state index contributed by atoms with van der Waals surface area (Å²) in [6, 6.07) is 0. The van der Waals surface area contributed by atoms with Crippen LogP contribution in [0.2, 0.25) is 0 Å². The van der Waals surface area contributed by atoms with Crippen LogP contribution in [0, 0.1) is 0 Å². The van der Waals surface area contributed by atoms with Crippen molar-refractivity contribution in [1.82, 2.24) is 0 Å². The SMILES string of the molecule is CCCC/C=C\CCCCCCCC(=O)OCC(COCCCCCCCCCC/C=C\C/C=C\CCCCC)OC(=O)CCCCCCC/C=C\CCCC. The second-order valence-electron chi connectivity index (χ2n) is 16.0. The third-order valence-electron chi connectivity index (χ3n) is 10.3. The number of rotatable bonds is 44. The molecule has 5 nitrogen and oxygen atoms in total. The molecule has 0 fully saturated rings. The number of hydrogen-bond donors (Lipinski definition) is 0. The van der Waals surface area contributed by atoms with Crippen molar-refractivity contribution < 1.29 is 23.8 Å². The van der Waals surface area contributed by atoms with Crippen LogP contribution in [0.4, 0.5) is 0 Å². The fourth-order valence-corrected chi connectivity index (χ4v) is 6.62. The molecule has 0 aliphatic heterocycles. The van der Waals surface area contributed by atoms with Crippen LogP contribution in [0.25, 0.3) is 0 Å². The van der Waals surface area contributed by atoms with Gasteiger partial charge in [0.2, 0.25) is 0 Å². The molecule has 56 heavy (non-hydrogen) atoms. The zero-order valence-electron chi connectivity index (χ0n) is 37.4. The lowest BCUT2D eigenvalue weighted by Crippen LogP contribution is -2.30. The first-order chi connectivity index (χ1) is 27.6. The average molecular weight is 785 g/mol. The number of unbranched alkanes of at least 4 members (excludes halogenated alkanes) is 25. The lowest BCUT2D eigenvalue weighted by atomic mass is 10.1. The molecular weight excluding hydrogens is 693 g/mol. The van der Waals surface area contributed by atoms with E-state index in [-0.39, 0.29) is 25.2 Å². The first-order valence-corrected chi connectivity index (χ1v) is 24.2. The van der Waals surface area contributed by atoms with Gasteiger partial charge in [0.25, 0.3) is 0 Å². The molecule has 5 heteroatoms. The minimum absolute atomic E-state index is 0.0761. The van der Waals surface area contributed by atoms with Crippen LogP contribution < -0.4 is 0 Å². The van der Waals surface area contributed by atoms with E-state index in [1.54, 1.807) is 0 Å². The molecule has 1 unspecified atom stereocenters. The summed E-state index contributed by atoms with van der Waals surface area (Å²) in [5, 5.41) is 0. The van der Waals surface area contributed by atoms with Crippen molar-refractivity contribution >= 4 is 11.9 Å². The van der Waals surface area contributed by atoms with Crippen molar-refractivity contribution in [3.8, 4) is 0 Å². The van der Waals surface area contributed by atoms with Crippen LogP contribution in [0.15, 0.2) is 48.6 Å². The van der Waals surface area contributed by atoms with E-state index >= 15 is 0 Å². The lowest BCUT2D eigenvalue weighted by Gasteiger charge is -2.18. The number of carbonyl (C=O) groups excluding carboxylic acids is 2. The molecule has 0 spiro atoms. The Morgan fingerprint density at radius 3 is 1.25 bits per heavy atom. The zero-order chi connectivity index (χ0) is 40.7. The highest BCUT2D eigenvalue weighted by Crippen LogP contribution is 2.13. The van der Waals surface area contributed by atoms with E-state index < -0.39 is 6.10 Å². The Bertz CT molecular complexity index is 935. The Morgan fingerprint density at radius 1 is 0.393 bits per heavy atom. The summed E-state index contributed by atoms with van der Waals surface area (Å²) < 4.78 is 17.3. The van der Waals surface area contributed by atoms with Gasteiger partial charge in [-0.25, -0.2) is 0 Å². The Labute approximate surface area is 348 Å². The van der Waals surface area contributed by atoms with Crippen LogP contribution in [-0.2, 0) is 23.8 Å². The monoisotopic (exact) mass is 785 g/mol. The topological polar surface area (TPSA) is 61.8 Å². The normalized spacial score (nSPS) is 12.6. The molecule has 0 aliphatic carbocycles. The third-order valence-corrected chi connectivity index (χ3v) is 10.3. The van der Waals surface area contributed by atoms with E-state index in [1.807, 2.05) is 0 Å². The number of ether oxygens (including phenoxy) is 3. The Hall–Kier alpha value is -2.14. The molecule has 0 heterocycles. The molecule has 0 amide bonds. The zero-order valence-corrected chi connectivity index (χ0v) is 37.4. The van der Waals surface area contributed by atoms with E-state index in [9.17, 15) is 9.59 Å². The summed E-state index contributed by atoms with van der Waals surface area (Å²) in [6.07, 6.45) is 56.8. The summed E-state index contributed by atoms with van der Waals surface area (Å²) in [5.74, 6) is -0.419. The van der Waals surface area contributed by atoms with Gasteiger partial charge in [-0.3, -0.25) is 9.59 Å². The van der Waals surface area contributed by atoms with Gasteiger partial charge in [0.05, 0.1) is 6.61 Å². The second kappa shape index (κ2) is 47.2. The van der Waals surface area contributed by atoms with Gasteiger partial charge in [-0.15, -0.1) is 0 Å². The molecule has 326 valence electrons. The van der Waals surface area contributed by atoms with Gasteiger partial charge >= 0.3 is 11.9 Å². The van der Waals surface area contributed by atoms with Crippen molar-refractivity contribution in [2.24, 2.45) is 0 Å². The molecule has 0 N–H and O–H groups in total. The Kier molecular flexibility index (Phi) is 45.4. The smallest absolute Gasteiger partial charge is 0.306 e. The molecule has 0 saturated heterocycles. The summed E-state index contributed by atoms with van der Waals surface area (Å²) >= 11 is 0. The fourth-order valence-electron chi connectivity index (χ4n) is 6.62. The first-order valence-electron chi connectivity index (χ1n) is 24.2. The van der Waals surface area contributed by atoms with Gasteiger partial charge in [-0.2, -0.15) is 0 Å². The van der Waals surface area contributed by atoms with Gasteiger partial charge in [0.1, 0.15) is 6.61 Å². The maximum Gasteiger partial charge on any atom is 0.306 e. The molecular formula is C51H92O5. The van der Waals surface area contributed by atoms with E-state index in [2.05, 4.69) is 69.4 Å². The lowest BCUT2D eigenvalue weighted by molar-refractivity contribution is -0.163. The minimum atomic E-state index is -0.543. The number of allylic oxidation sites excluding steroid dienone is 8. The highest BCUT2D eigenvalue weighted by Gasteiger charge is 2.17. The molecule has 0 bridgehead atoms. The van der Waals surface area contributed by atoms with Crippen LogP contribution >= 0.6 is 0 Å². The second-order valence-corrected chi connectivity index (χ2v) is 16.0. The van der Waals surface area contributed by atoms with Gasteiger partial charge < -0.3 is 14.2 Å². The quantitative estimate of drug-likeness (QED) is 0.0350. The fraction of sp³-hybridized carbons (Fsp3) is 0.804. The van der Waals surface area contributed by atoms with Crippen molar-refractivity contribution in [3.05, 3.63) is 48.6 Å². The van der Waals surface area contributed by atoms with Crippen LogP contribution in [0.1, 0.15) is 239 Å². The van der Waals surface area contributed by atoms with Gasteiger partial charge in [0, 0.05) is 19.4 Å². The predicted octanol–water partition coefficient (Wildman–Crippen LogP) is 16.0. The average Bonchev–Trinajstić information content (AvgIpc) is 3.20. The molecule has 1 atom stereocenters. The third kappa shape index (κ3) is 44.6. The van der Waals surface area contributed by atoms with E-state index in [0.717, 1.165) is 70.6 Å². The number of hydrogen-bond acceptors (Lipinski definition) is 5. The largest absolute Gasteiger partial charge is 0.462 e. The van der Waals surface area contributed by atoms with E-state index in [1.165, 1.54) is 135 Å². The molecule has 0 radical (unpaired) electrons. The number of carbonyl (C=O) groups is 2. The van der Waals surface area contributed by atoms with Crippen molar-refractivity contribution in [2.45, 2.75) is 245 Å². The molecule has 0 aromatic rings. The Morgan fingerprint density at radius 2 is 0.768 bits per heavy atom. The van der Waals surface area contributed by atoms with Crippen LogP contribution in [-0.4, -0.2) is 37.9 Å².